The summed E-state index contributed by atoms with van der Waals surface area (Å²) in [7, 11) is 0. The van der Waals surface area contributed by atoms with E-state index in [2.05, 4.69) is 22.4 Å². The maximum atomic E-state index is 12.9. The van der Waals surface area contributed by atoms with Gasteiger partial charge in [-0.1, -0.05) is 80.1 Å². The number of para-hydroxylation sites is 1. The molecule has 1 heterocycles. The van der Waals surface area contributed by atoms with Crippen LogP contribution >= 0.6 is 11.8 Å². The van der Waals surface area contributed by atoms with E-state index in [0.717, 1.165) is 28.7 Å². The molecule has 2 aromatic carbocycles. The molecule has 1 amide bonds. The fourth-order valence-electron chi connectivity index (χ4n) is 3.97. The first-order valence-electron chi connectivity index (χ1n) is 10.7. The van der Waals surface area contributed by atoms with E-state index in [1.807, 2.05) is 72.2 Å². The molecule has 0 bridgehead atoms. The van der Waals surface area contributed by atoms with Gasteiger partial charge in [-0.05, 0) is 37.8 Å². The topological polar surface area (TPSA) is 59.8 Å². The van der Waals surface area contributed by atoms with Crippen LogP contribution in [0.15, 0.2) is 65.8 Å². The van der Waals surface area contributed by atoms with Gasteiger partial charge in [0.2, 0.25) is 5.91 Å². The molecular formula is C24H28N4OS. The summed E-state index contributed by atoms with van der Waals surface area (Å²) in [6, 6.07) is 20.4. The highest BCUT2D eigenvalue weighted by molar-refractivity contribution is 8.00. The number of rotatable bonds is 6. The van der Waals surface area contributed by atoms with Gasteiger partial charge >= 0.3 is 0 Å². The van der Waals surface area contributed by atoms with E-state index >= 15 is 0 Å². The van der Waals surface area contributed by atoms with Crippen LogP contribution in [0.5, 0.6) is 0 Å². The predicted molar refractivity (Wildman–Crippen MR) is 122 cm³/mol. The Hall–Kier alpha value is -2.60. The van der Waals surface area contributed by atoms with Gasteiger partial charge < -0.3 is 5.32 Å². The van der Waals surface area contributed by atoms with Crippen LogP contribution in [0.25, 0.3) is 17.1 Å². The van der Waals surface area contributed by atoms with E-state index in [1.165, 1.54) is 31.0 Å². The Bertz CT molecular complexity index is 973. The summed E-state index contributed by atoms with van der Waals surface area (Å²) in [5.41, 5.74) is 1.98. The van der Waals surface area contributed by atoms with E-state index in [9.17, 15) is 4.79 Å². The van der Waals surface area contributed by atoms with Crippen molar-refractivity contribution in [2.24, 2.45) is 5.92 Å². The van der Waals surface area contributed by atoms with Crippen molar-refractivity contribution in [3.8, 4) is 17.1 Å². The van der Waals surface area contributed by atoms with Crippen LogP contribution in [-0.4, -0.2) is 32.0 Å². The van der Waals surface area contributed by atoms with Crippen molar-refractivity contribution >= 4 is 17.7 Å². The molecule has 1 saturated carbocycles. The molecule has 0 spiro atoms. The summed E-state index contributed by atoms with van der Waals surface area (Å²) >= 11 is 1.46. The second kappa shape index (κ2) is 9.47. The summed E-state index contributed by atoms with van der Waals surface area (Å²) in [5, 5.41) is 12.6. The third-order valence-corrected chi connectivity index (χ3v) is 6.81. The Morgan fingerprint density at radius 1 is 1.03 bits per heavy atom. The third kappa shape index (κ3) is 4.59. The predicted octanol–water partition coefficient (Wildman–Crippen LogP) is 5.11. The lowest BCUT2D eigenvalue weighted by Crippen LogP contribution is -2.44. The second-order valence-corrected chi connectivity index (χ2v) is 9.29. The number of nitrogens with one attached hydrogen (secondary N) is 1. The highest BCUT2D eigenvalue weighted by Crippen LogP contribution is 2.30. The number of thioether (sulfide) groups is 1. The molecule has 0 unspecified atom stereocenters. The van der Waals surface area contributed by atoms with Crippen molar-refractivity contribution in [3.05, 3.63) is 60.7 Å². The SMILES string of the molecule is C[C@@H]1CCCC[C@H]1NC(=O)[C@@H](C)Sc1nnc(-c2ccccc2)n1-c1ccccc1. The Morgan fingerprint density at radius 2 is 1.70 bits per heavy atom. The minimum atomic E-state index is -0.255. The van der Waals surface area contributed by atoms with E-state index < -0.39 is 0 Å². The highest BCUT2D eigenvalue weighted by atomic mass is 32.2. The van der Waals surface area contributed by atoms with E-state index in [1.54, 1.807) is 0 Å². The van der Waals surface area contributed by atoms with Crippen LogP contribution in [0.4, 0.5) is 0 Å². The molecule has 30 heavy (non-hydrogen) atoms. The van der Waals surface area contributed by atoms with Gasteiger partial charge in [-0.25, -0.2) is 0 Å². The lowest BCUT2D eigenvalue weighted by molar-refractivity contribution is -0.121. The molecule has 0 saturated heterocycles. The van der Waals surface area contributed by atoms with Crippen molar-refractivity contribution in [3.63, 3.8) is 0 Å². The Labute approximate surface area is 182 Å². The van der Waals surface area contributed by atoms with Gasteiger partial charge in [0.25, 0.3) is 0 Å². The molecule has 1 fully saturated rings. The standard InChI is InChI=1S/C24H28N4OS/c1-17-11-9-10-16-21(17)25-23(29)18(2)30-24-27-26-22(19-12-5-3-6-13-19)28(24)20-14-7-4-8-15-20/h3-8,12-15,17-18,21H,9-11,16H2,1-2H3,(H,25,29)/t17-,18-,21-/m1/s1. The molecule has 156 valence electrons. The fraction of sp³-hybridized carbons (Fsp3) is 0.375. The van der Waals surface area contributed by atoms with Crippen LogP contribution < -0.4 is 5.32 Å². The van der Waals surface area contributed by atoms with Crippen LogP contribution in [-0.2, 0) is 4.79 Å². The number of carbonyl (C=O) groups excluding carboxylic acids is 1. The number of aromatic nitrogens is 3. The lowest BCUT2D eigenvalue weighted by Gasteiger charge is -2.30. The molecule has 1 aliphatic carbocycles. The summed E-state index contributed by atoms with van der Waals surface area (Å²) < 4.78 is 2.03. The molecule has 5 nitrogen and oxygen atoms in total. The van der Waals surface area contributed by atoms with Crippen molar-refractivity contribution in [1.82, 2.24) is 20.1 Å². The summed E-state index contributed by atoms with van der Waals surface area (Å²) in [6.45, 7) is 4.18. The molecule has 3 aromatic rings. The summed E-state index contributed by atoms with van der Waals surface area (Å²) in [5.74, 6) is 1.39. The van der Waals surface area contributed by atoms with Crippen LogP contribution in [0, 0.1) is 5.92 Å². The molecule has 0 radical (unpaired) electrons. The van der Waals surface area contributed by atoms with Gasteiger partial charge in [-0.2, -0.15) is 0 Å². The quantitative estimate of drug-likeness (QED) is 0.563. The zero-order valence-electron chi connectivity index (χ0n) is 17.5. The molecule has 4 rings (SSSR count). The van der Waals surface area contributed by atoms with Gasteiger partial charge in [0, 0.05) is 17.3 Å². The highest BCUT2D eigenvalue weighted by Gasteiger charge is 2.27. The van der Waals surface area contributed by atoms with Gasteiger partial charge in [-0.15, -0.1) is 10.2 Å². The Kier molecular flexibility index (Phi) is 6.53. The maximum absolute atomic E-state index is 12.9. The molecule has 1 N–H and O–H groups in total. The zero-order valence-corrected chi connectivity index (χ0v) is 18.3. The van der Waals surface area contributed by atoms with Crippen LogP contribution in [0.2, 0.25) is 0 Å². The minimum absolute atomic E-state index is 0.0719. The maximum Gasteiger partial charge on any atom is 0.233 e. The number of benzene rings is 2. The summed E-state index contributed by atoms with van der Waals surface area (Å²) in [6.07, 6.45) is 4.72. The van der Waals surface area contributed by atoms with Gasteiger partial charge in [0.15, 0.2) is 11.0 Å². The van der Waals surface area contributed by atoms with Crippen molar-refractivity contribution in [2.45, 2.75) is 56.0 Å². The number of hydrogen-bond donors (Lipinski definition) is 1. The van der Waals surface area contributed by atoms with Crippen molar-refractivity contribution in [1.29, 1.82) is 0 Å². The lowest BCUT2D eigenvalue weighted by atomic mass is 9.86. The monoisotopic (exact) mass is 420 g/mol. The first kappa shape index (κ1) is 20.7. The third-order valence-electron chi connectivity index (χ3n) is 5.77. The minimum Gasteiger partial charge on any atom is -0.352 e. The second-order valence-electron chi connectivity index (χ2n) is 7.98. The molecular weight excluding hydrogens is 392 g/mol. The van der Waals surface area contributed by atoms with E-state index in [0.29, 0.717) is 5.92 Å². The van der Waals surface area contributed by atoms with Gasteiger partial charge in [0.1, 0.15) is 0 Å². The molecule has 3 atom stereocenters. The molecule has 1 aliphatic rings. The fourth-order valence-corrected chi connectivity index (χ4v) is 4.85. The number of carbonyl (C=O) groups is 1. The Balaban J connectivity index is 1.58. The smallest absolute Gasteiger partial charge is 0.233 e. The largest absolute Gasteiger partial charge is 0.352 e. The number of nitrogens with zero attached hydrogens (tertiary/aromatic N) is 3. The first-order chi connectivity index (χ1) is 14.6. The van der Waals surface area contributed by atoms with Gasteiger partial charge in [0.05, 0.1) is 5.25 Å². The van der Waals surface area contributed by atoms with Crippen LogP contribution in [0.1, 0.15) is 39.5 Å². The molecule has 6 heteroatoms. The van der Waals surface area contributed by atoms with E-state index in [-0.39, 0.29) is 17.2 Å². The first-order valence-corrected chi connectivity index (χ1v) is 11.5. The molecule has 1 aromatic heterocycles. The number of hydrogen-bond acceptors (Lipinski definition) is 4. The number of amides is 1. The summed E-state index contributed by atoms with van der Waals surface area (Å²) in [4.78, 5) is 12.9. The average Bonchev–Trinajstić information content (AvgIpc) is 3.20. The normalized spacial score (nSPS) is 19.9. The van der Waals surface area contributed by atoms with Gasteiger partial charge in [-0.3, -0.25) is 9.36 Å². The molecule has 0 aliphatic heterocycles. The Morgan fingerprint density at radius 3 is 2.40 bits per heavy atom. The van der Waals surface area contributed by atoms with Crippen LogP contribution in [0.3, 0.4) is 0 Å². The van der Waals surface area contributed by atoms with E-state index in [4.69, 9.17) is 0 Å². The zero-order chi connectivity index (χ0) is 20.9. The average molecular weight is 421 g/mol. The van der Waals surface area contributed by atoms with Crippen molar-refractivity contribution in [2.75, 3.05) is 0 Å². The van der Waals surface area contributed by atoms with Crippen molar-refractivity contribution < 1.29 is 4.79 Å².